The predicted molar refractivity (Wildman–Crippen MR) is 281 cm³/mol. The van der Waals surface area contributed by atoms with Crippen LogP contribution in [0.2, 0.25) is 0 Å². The number of benzene rings is 6. The third kappa shape index (κ3) is 9.28. The van der Waals surface area contributed by atoms with Gasteiger partial charge in [0.2, 0.25) is 5.60 Å². The van der Waals surface area contributed by atoms with Crippen LogP contribution in [0.15, 0.2) is 245 Å². The van der Waals surface area contributed by atoms with Crippen LogP contribution in [0, 0.1) is 0 Å². The molecule has 0 spiro atoms. The Morgan fingerprint density at radius 2 is 1.18 bits per heavy atom. The lowest BCUT2D eigenvalue weighted by Crippen LogP contribution is -2.71. The molecule has 1 saturated heterocycles. The number of fused-ring (bicyclic) bond motifs is 1. The summed E-state index contributed by atoms with van der Waals surface area (Å²) >= 11 is 4.07. The van der Waals surface area contributed by atoms with Crippen molar-refractivity contribution in [3.8, 4) is 0 Å². The zero-order valence-electron chi connectivity index (χ0n) is 37.8. The molecule has 0 bridgehead atoms. The van der Waals surface area contributed by atoms with Crippen molar-refractivity contribution < 1.29 is 24.3 Å². The zero-order chi connectivity index (χ0) is 48.6. The molecule has 8 aromatic rings. The summed E-state index contributed by atoms with van der Waals surface area (Å²) in [5.74, 6) is -2.24. The minimum Gasteiger partial charge on any atom is -0.477 e. The second-order valence-electron chi connectivity index (χ2n) is 16.5. The topological polar surface area (TPSA) is 146 Å². The second-order valence-corrected chi connectivity index (χ2v) is 19.4. The minimum atomic E-state index is -1.36. The van der Waals surface area contributed by atoms with Gasteiger partial charge in [0.15, 0.2) is 10.8 Å². The highest BCUT2D eigenvalue weighted by Crippen LogP contribution is 2.44. The van der Waals surface area contributed by atoms with E-state index in [1.165, 1.54) is 39.8 Å². The number of anilines is 1. The van der Waals surface area contributed by atoms with Gasteiger partial charge in [-0.15, -0.1) is 23.1 Å². The number of carboxylic acids is 1. The molecule has 350 valence electrons. The SMILES string of the molecule is O=C(O)C1=C(C=CSc2ccncc2)CS[C@H]2C(NC(=O)C(=NOC(c3ccccc3)(c3ccccc3)c3ccccc3)c3csc(NC(c4ccccc4)(c4ccccc4)c4ccccc4)n3)C(=O)N12. The van der Waals surface area contributed by atoms with E-state index in [2.05, 4.69) is 52.0 Å². The molecular weight excluding hydrogens is 945 g/mol. The number of rotatable bonds is 17. The molecule has 2 aliphatic heterocycles. The monoisotopic (exact) mass is 988 g/mol. The van der Waals surface area contributed by atoms with Crippen LogP contribution in [-0.2, 0) is 30.4 Å². The summed E-state index contributed by atoms with van der Waals surface area (Å²) in [5, 5.41) is 25.3. The van der Waals surface area contributed by atoms with E-state index >= 15 is 4.79 Å². The number of carbonyl (C=O) groups is 3. The molecule has 2 aliphatic rings. The first-order chi connectivity index (χ1) is 34.9. The molecule has 2 amide bonds. The normalized spacial score (nSPS) is 16.0. The molecule has 2 aromatic heterocycles. The number of oxime groups is 1. The summed E-state index contributed by atoms with van der Waals surface area (Å²) < 4.78 is 0. The maximum absolute atomic E-state index is 15.1. The van der Waals surface area contributed by atoms with Gasteiger partial charge < -0.3 is 20.6 Å². The molecule has 1 unspecified atom stereocenters. The van der Waals surface area contributed by atoms with E-state index in [0.29, 0.717) is 16.5 Å². The Labute approximate surface area is 423 Å². The van der Waals surface area contributed by atoms with Gasteiger partial charge in [0.05, 0.1) is 0 Å². The van der Waals surface area contributed by atoms with E-state index in [-0.39, 0.29) is 17.1 Å². The number of aromatic nitrogens is 2. The quantitative estimate of drug-likeness (QED) is 0.0265. The average Bonchev–Trinajstić information content (AvgIpc) is 3.90. The van der Waals surface area contributed by atoms with Gasteiger partial charge in [-0.2, -0.15) is 0 Å². The number of pyridine rings is 1. The van der Waals surface area contributed by atoms with E-state index in [4.69, 9.17) is 15.0 Å². The number of carbonyl (C=O) groups excluding carboxylic acids is 2. The molecule has 6 aromatic carbocycles. The van der Waals surface area contributed by atoms with Crippen molar-refractivity contribution >= 4 is 63.5 Å². The minimum absolute atomic E-state index is 0.125. The van der Waals surface area contributed by atoms with Crippen molar-refractivity contribution in [2.75, 3.05) is 11.1 Å². The Kier molecular flexibility index (Phi) is 13.7. The van der Waals surface area contributed by atoms with Gasteiger partial charge in [0.25, 0.3) is 11.8 Å². The van der Waals surface area contributed by atoms with Crippen LogP contribution in [0.3, 0.4) is 0 Å². The number of hydrogen-bond acceptors (Lipinski definition) is 11. The number of aliphatic carboxylic acids is 1. The first-order valence-corrected chi connectivity index (χ1v) is 25.5. The van der Waals surface area contributed by atoms with Crippen molar-refractivity contribution in [1.29, 1.82) is 0 Å². The van der Waals surface area contributed by atoms with E-state index in [0.717, 1.165) is 38.3 Å². The van der Waals surface area contributed by atoms with Gasteiger partial charge in [-0.1, -0.05) is 199 Å². The number of allylic oxidation sites excluding steroid dienone is 1. The van der Waals surface area contributed by atoms with E-state index in [1.807, 2.05) is 158 Å². The summed E-state index contributed by atoms with van der Waals surface area (Å²) in [6, 6.07) is 62.0. The smallest absolute Gasteiger partial charge is 0.352 e. The molecule has 14 heteroatoms. The molecule has 0 aliphatic carbocycles. The van der Waals surface area contributed by atoms with Crippen LogP contribution >= 0.6 is 34.9 Å². The first-order valence-electron chi connectivity index (χ1n) is 22.7. The number of nitrogens with one attached hydrogen (secondary N) is 2. The Balaban J connectivity index is 1.05. The van der Waals surface area contributed by atoms with Crippen molar-refractivity contribution in [2.45, 2.75) is 27.5 Å². The number of nitrogens with zero attached hydrogens (tertiary/aromatic N) is 4. The Bertz CT molecular complexity index is 3040. The lowest BCUT2D eigenvalue weighted by Gasteiger charge is -2.49. The van der Waals surface area contributed by atoms with Gasteiger partial charge >= 0.3 is 5.97 Å². The molecule has 0 radical (unpaired) electrons. The third-order valence-electron chi connectivity index (χ3n) is 12.3. The molecule has 4 heterocycles. The van der Waals surface area contributed by atoms with E-state index in [1.54, 1.807) is 29.3 Å². The van der Waals surface area contributed by atoms with E-state index < -0.39 is 40.3 Å². The van der Waals surface area contributed by atoms with Crippen LogP contribution in [-0.4, -0.2) is 60.6 Å². The van der Waals surface area contributed by atoms with Crippen LogP contribution in [0.25, 0.3) is 0 Å². The number of carboxylic acid groups (broad SMARTS) is 1. The molecule has 3 N–H and O–H groups in total. The fraction of sp³-hybridized carbons (Fsp3) is 0.0877. The third-order valence-corrected chi connectivity index (χ3v) is 15.2. The standard InChI is InChI=1S/C57H44N6O5S3/c64-51(60-49-52(65)63-50(54(66)67)39(37-70-53(49)63)33-36-69-46-31-34-58-35-32-46)48(62-68-57(43-25-13-4-14-26-43,44-27-15-5-16-28-44)45-29-17-6-18-30-45)47-38-71-55(59-47)61-56(40-19-7-1-8-20-40,41-21-9-2-10-22-41)42-23-11-3-12-24-42/h1-36,38,49,53H,37H2,(H,59,61)(H,60,64)(H,66,67)/t49?,53-/m0/s1. The van der Waals surface area contributed by atoms with Gasteiger partial charge in [0.1, 0.15) is 28.3 Å². The van der Waals surface area contributed by atoms with Crippen LogP contribution in [0.5, 0.6) is 0 Å². The summed E-state index contributed by atoms with van der Waals surface area (Å²) in [4.78, 5) is 60.3. The van der Waals surface area contributed by atoms with Crippen LogP contribution < -0.4 is 10.6 Å². The van der Waals surface area contributed by atoms with Crippen molar-refractivity contribution in [2.24, 2.45) is 5.16 Å². The van der Waals surface area contributed by atoms with Crippen molar-refractivity contribution in [3.63, 3.8) is 0 Å². The lowest BCUT2D eigenvalue weighted by molar-refractivity contribution is -0.150. The summed E-state index contributed by atoms with van der Waals surface area (Å²) in [6.45, 7) is 0. The molecule has 2 atom stereocenters. The van der Waals surface area contributed by atoms with Gasteiger partial charge in [0, 0.05) is 45.1 Å². The molecular formula is C57H44N6O5S3. The highest BCUT2D eigenvalue weighted by atomic mass is 32.2. The summed E-state index contributed by atoms with van der Waals surface area (Å²) in [5.41, 5.74) is 3.19. The summed E-state index contributed by atoms with van der Waals surface area (Å²) in [7, 11) is 0. The highest BCUT2D eigenvalue weighted by Gasteiger charge is 2.54. The Morgan fingerprint density at radius 3 is 1.66 bits per heavy atom. The first kappa shape index (κ1) is 46.7. The number of thiazole rings is 1. The predicted octanol–water partition coefficient (Wildman–Crippen LogP) is 10.7. The molecule has 1 fully saturated rings. The van der Waals surface area contributed by atoms with E-state index in [9.17, 15) is 14.7 Å². The number of β-lactam (4-membered cyclic amide) rings is 1. The number of thioether (sulfide) groups is 2. The molecule has 0 saturated carbocycles. The van der Waals surface area contributed by atoms with Crippen LogP contribution in [0.4, 0.5) is 5.13 Å². The van der Waals surface area contributed by atoms with Crippen molar-refractivity contribution in [1.82, 2.24) is 20.2 Å². The molecule has 71 heavy (non-hydrogen) atoms. The van der Waals surface area contributed by atoms with Crippen molar-refractivity contribution in [3.05, 3.63) is 274 Å². The summed E-state index contributed by atoms with van der Waals surface area (Å²) in [6.07, 6.45) is 5.08. The molecule has 10 rings (SSSR count). The highest BCUT2D eigenvalue weighted by molar-refractivity contribution is 8.02. The molecule has 11 nitrogen and oxygen atoms in total. The second kappa shape index (κ2) is 20.9. The maximum Gasteiger partial charge on any atom is 0.352 e. The average molecular weight is 989 g/mol. The fourth-order valence-electron chi connectivity index (χ4n) is 8.97. The Morgan fingerprint density at radius 1 is 0.704 bits per heavy atom. The number of hydrogen-bond donors (Lipinski definition) is 3. The fourth-order valence-corrected chi connectivity index (χ4v) is 11.7. The zero-order valence-corrected chi connectivity index (χ0v) is 40.3. The largest absolute Gasteiger partial charge is 0.477 e. The van der Waals surface area contributed by atoms with Gasteiger partial charge in [-0.05, 0) is 45.9 Å². The maximum atomic E-state index is 15.1. The number of amides is 2. The lowest BCUT2D eigenvalue weighted by atomic mass is 9.77. The van der Waals surface area contributed by atoms with Crippen LogP contribution in [0.1, 0.15) is 39.1 Å². The Hall–Kier alpha value is -8.04. The van der Waals surface area contributed by atoms with Gasteiger partial charge in [-0.25, -0.2) is 9.78 Å². The van der Waals surface area contributed by atoms with Gasteiger partial charge in [-0.3, -0.25) is 19.5 Å².